The molecule has 1 rings (SSSR count). The Morgan fingerprint density at radius 3 is 2.52 bits per heavy atom. The van der Waals surface area contributed by atoms with Crippen LogP contribution in [0.4, 0.5) is 13.2 Å². The van der Waals surface area contributed by atoms with Gasteiger partial charge in [0.1, 0.15) is 12.2 Å². The van der Waals surface area contributed by atoms with Gasteiger partial charge in [-0.15, -0.1) is 0 Å². The van der Waals surface area contributed by atoms with Crippen molar-refractivity contribution in [3.8, 4) is 0 Å². The number of pyridine rings is 1. The van der Waals surface area contributed by atoms with Crippen LogP contribution in [0.5, 0.6) is 0 Å². The predicted molar refractivity (Wildman–Crippen MR) is 70.5 cm³/mol. The zero-order valence-electron chi connectivity index (χ0n) is 11.0. The smallest absolute Gasteiger partial charge is 0.406 e. The van der Waals surface area contributed by atoms with Crippen LogP contribution in [0.2, 0.25) is 0 Å². The molecule has 0 aliphatic rings. The van der Waals surface area contributed by atoms with E-state index in [9.17, 15) is 22.8 Å². The van der Waals surface area contributed by atoms with Gasteiger partial charge in [-0.1, -0.05) is 0 Å². The third kappa shape index (κ3) is 6.11. The highest BCUT2D eigenvalue weighted by Crippen LogP contribution is 2.18. The highest BCUT2D eigenvalue weighted by Gasteiger charge is 2.33. The summed E-state index contributed by atoms with van der Waals surface area (Å²) in [5.74, 6) is -1.59. The van der Waals surface area contributed by atoms with E-state index in [1.165, 1.54) is 18.3 Å². The fourth-order valence-electron chi connectivity index (χ4n) is 1.46. The standard InChI is InChI=1S/C12H12BrF3N2O3/c1-21-10(19)4-5-18(7-12(14,15)16)11(20)9-3-2-8(13)6-17-9/h2-3,6H,4-5,7H2,1H3. The van der Waals surface area contributed by atoms with Crippen LogP contribution in [0.3, 0.4) is 0 Å². The second-order valence-corrected chi connectivity index (χ2v) is 4.95. The van der Waals surface area contributed by atoms with Gasteiger partial charge in [0, 0.05) is 17.2 Å². The van der Waals surface area contributed by atoms with E-state index in [-0.39, 0.29) is 12.1 Å². The summed E-state index contributed by atoms with van der Waals surface area (Å²) in [5, 5.41) is 0. The van der Waals surface area contributed by atoms with Crippen LogP contribution in [-0.2, 0) is 9.53 Å². The number of hydrogen-bond donors (Lipinski definition) is 0. The van der Waals surface area contributed by atoms with E-state index in [1.54, 1.807) is 0 Å². The van der Waals surface area contributed by atoms with Crippen molar-refractivity contribution in [2.24, 2.45) is 0 Å². The number of ether oxygens (including phenoxy) is 1. The molecule has 1 aromatic heterocycles. The topological polar surface area (TPSA) is 59.5 Å². The third-order valence-electron chi connectivity index (χ3n) is 2.42. The second kappa shape index (κ2) is 7.39. The number of amides is 1. The van der Waals surface area contributed by atoms with E-state index < -0.39 is 31.1 Å². The fraction of sp³-hybridized carbons (Fsp3) is 0.417. The third-order valence-corrected chi connectivity index (χ3v) is 2.89. The first-order valence-electron chi connectivity index (χ1n) is 5.77. The molecule has 1 amide bonds. The summed E-state index contributed by atoms with van der Waals surface area (Å²) in [6, 6.07) is 2.79. The van der Waals surface area contributed by atoms with E-state index in [0.29, 0.717) is 9.37 Å². The van der Waals surface area contributed by atoms with Crippen molar-refractivity contribution < 1.29 is 27.5 Å². The molecule has 0 bridgehead atoms. The van der Waals surface area contributed by atoms with Crippen LogP contribution in [0.15, 0.2) is 22.8 Å². The van der Waals surface area contributed by atoms with Crippen molar-refractivity contribution in [3.05, 3.63) is 28.5 Å². The summed E-state index contributed by atoms with van der Waals surface area (Å²) in [6.07, 6.45) is -3.59. The molecule has 9 heteroatoms. The Kier molecular flexibility index (Phi) is 6.13. The summed E-state index contributed by atoms with van der Waals surface area (Å²) in [4.78, 5) is 27.3. The Balaban J connectivity index is 2.86. The average Bonchev–Trinajstić information content (AvgIpc) is 2.42. The minimum Gasteiger partial charge on any atom is -0.469 e. The van der Waals surface area contributed by atoms with Gasteiger partial charge in [0.25, 0.3) is 5.91 Å². The second-order valence-electron chi connectivity index (χ2n) is 4.03. The highest BCUT2D eigenvalue weighted by atomic mass is 79.9. The molecule has 0 spiro atoms. The zero-order chi connectivity index (χ0) is 16.0. The highest BCUT2D eigenvalue weighted by molar-refractivity contribution is 9.10. The normalized spacial score (nSPS) is 11.1. The fourth-order valence-corrected chi connectivity index (χ4v) is 1.70. The number of hydrogen-bond acceptors (Lipinski definition) is 4. The first kappa shape index (κ1) is 17.4. The lowest BCUT2D eigenvalue weighted by Crippen LogP contribution is -2.40. The molecule has 5 nitrogen and oxygen atoms in total. The molecule has 0 unspecified atom stereocenters. The van der Waals surface area contributed by atoms with E-state index in [0.717, 1.165) is 7.11 Å². The molecular weight excluding hydrogens is 357 g/mol. The first-order chi connectivity index (χ1) is 9.73. The lowest BCUT2D eigenvalue weighted by Gasteiger charge is -2.23. The molecule has 21 heavy (non-hydrogen) atoms. The van der Waals surface area contributed by atoms with Crippen molar-refractivity contribution in [2.75, 3.05) is 20.2 Å². The van der Waals surface area contributed by atoms with Crippen LogP contribution >= 0.6 is 15.9 Å². The number of rotatable bonds is 5. The summed E-state index contributed by atoms with van der Waals surface area (Å²) in [6.45, 7) is -1.86. The predicted octanol–water partition coefficient (Wildman–Crippen LogP) is 2.41. The molecule has 1 heterocycles. The molecule has 116 valence electrons. The molecule has 0 atom stereocenters. The summed E-state index contributed by atoms with van der Waals surface area (Å²) >= 11 is 3.11. The molecule has 0 saturated heterocycles. The largest absolute Gasteiger partial charge is 0.469 e. The van der Waals surface area contributed by atoms with Crippen molar-refractivity contribution in [2.45, 2.75) is 12.6 Å². The maximum atomic E-state index is 12.5. The van der Waals surface area contributed by atoms with Gasteiger partial charge in [-0.05, 0) is 28.1 Å². The van der Waals surface area contributed by atoms with Gasteiger partial charge in [-0.2, -0.15) is 13.2 Å². The number of methoxy groups -OCH3 is 1. The lowest BCUT2D eigenvalue weighted by atomic mass is 10.3. The monoisotopic (exact) mass is 368 g/mol. The molecule has 0 radical (unpaired) electrons. The lowest BCUT2D eigenvalue weighted by molar-refractivity contribution is -0.147. The number of nitrogens with zero attached hydrogens (tertiary/aromatic N) is 2. The van der Waals surface area contributed by atoms with E-state index in [1.807, 2.05) is 0 Å². The van der Waals surface area contributed by atoms with Crippen molar-refractivity contribution >= 4 is 27.8 Å². The van der Waals surface area contributed by atoms with Gasteiger partial charge in [0.2, 0.25) is 0 Å². The molecule has 0 aliphatic carbocycles. The SMILES string of the molecule is COC(=O)CCN(CC(F)(F)F)C(=O)c1ccc(Br)cn1. The van der Waals surface area contributed by atoms with Crippen LogP contribution in [0.1, 0.15) is 16.9 Å². The number of esters is 1. The van der Waals surface area contributed by atoms with Crippen molar-refractivity contribution in [1.29, 1.82) is 0 Å². The van der Waals surface area contributed by atoms with E-state index in [4.69, 9.17) is 0 Å². The quantitative estimate of drug-likeness (QED) is 0.748. The number of alkyl halides is 3. The first-order valence-corrected chi connectivity index (χ1v) is 6.56. The molecular formula is C12H12BrF3N2O3. The number of carbonyl (C=O) groups is 2. The van der Waals surface area contributed by atoms with Gasteiger partial charge in [-0.3, -0.25) is 9.59 Å². The Morgan fingerprint density at radius 1 is 1.38 bits per heavy atom. The van der Waals surface area contributed by atoms with E-state index in [2.05, 4.69) is 25.7 Å². The maximum absolute atomic E-state index is 12.5. The molecule has 1 aromatic rings. The average molecular weight is 369 g/mol. The van der Waals surface area contributed by atoms with Crippen molar-refractivity contribution in [3.63, 3.8) is 0 Å². The van der Waals surface area contributed by atoms with Gasteiger partial charge in [0.15, 0.2) is 0 Å². The summed E-state index contributed by atoms with van der Waals surface area (Å²) in [7, 11) is 1.12. The summed E-state index contributed by atoms with van der Waals surface area (Å²) in [5.41, 5.74) is -0.132. The Labute approximate surface area is 127 Å². The Morgan fingerprint density at radius 2 is 2.05 bits per heavy atom. The van der Waals surface area contributed by atoms with Gasteiger partial charge < -0.3 is 9.64 Å². The molecule has 0 aromatic carbocycles. The van der Waals surface area contributed by atoms with Crippen molar-refractivity contribution in [1.82, 2.24) is 9.88 Å². The number of carbonyl (C=O) groups excluding carboxylic acids is 2. The molecule has 0 fully saturated rings. The van der Waals surface area contributed by atoms with Gasteiger partial charge >= 0.3 is 12.1 Å². The Bertz CT molecular complexity index is 505. The molecule has 0 saturated carbocycles. The Hall–Kier alpha value is -1.64. The number of halogens is 4. The zero-order valence-corrected chi connectivity index (χ0v) is 12.6. The van der Waals surface area contributed by atoms with Crippen LogP contribution in [-0.4, -0.2) is 48.1 Å². The van der Waals surface area contributed by atoms with Crippen LogP contribution in [0.25, 0.3) is 0 Å². The molecule has 0 aliphatic heterocycles. The van der Waals surface area contributed by atoms with Gasteiger partial charge in [0.05, 0.1) is 13.5 Å². The van der Waals surface area contributed by atoms with Crippen LogP contribution < -0.4 is 0 Å². The summed E-state index contributed by atoms with van der Waals surface area (Å²) < 4.78 is 42.5. The minimum absolute atomic E-state index is 0.132. The number of aromatic nitrogens is 1. The van der Waals surface area contributed by atoms with Gasteiger partial charge in [-0.25, -0.2) is 4.98 Å². The maximum Gasteiger partial charge on any atom is 0.406 e. The minimum atomic E-state index is -4.57. The van der Waals surface area contributed by atoms with Crippen LogP contribution in [0, 0.1) is 0 Å². The van der Waals surface area contributed by atoms with E-state index >= 15 is 0 Å². The molecule has 0 N–H and O–H groups in total.